The van der Waals surface area contributed by atoms with Gasteiger partial charge in [0.15, 0.2) is 12.4 Å². The van der Waals surface area contributed by atoms with Crippen molar-refractivity contribution in [3.05, 3.63) is 46.2 Å². The van der Waals surface area contributed by atoms with E-state index < -0.39 is 5.97 Å². The van der Waals surface area contributed by atoms with Gasteiger partial charge in [-0.15, -0.1) is 0 Å². The van der Waals surface area contributed by atoms with Crippen molar-refractivity contribution in [2.45, 2.75) is 6.73 Å². The first-order chi connectivity index (χ1) is 8.56. The molecule has 2 rings (SSSR count). The zero-order valence-corrected chi connectivity index (χ0v) is 10.5. The Hall–Kier alpha value is -1.72. The van der Waals surface area contributed by atoms with Gasteiger partial charge in [-0.2, -0.15) is 5.10 Å². The minimum absolute atomic E-state index is 0.0409. The van der Waals surface area contributed by atoms with Gasteiger partial charge in [0, 0.05) is 11.2 Å². The molecule has 0 aliphatic carbocycles. The summed E-state index contributed by atoms with van der Waals surface area (Å²) in [6.45, 7) is 0.0641. The third-order valence-corrected chi connectivity index (χ3v) is 2.64. The molecule has 0 spiro atoms. The van der Waals surface area contributed by atoms with Crippen LogP contribution in [0.3, 0.4) is 0 Å². The topological polar surface area (TPSA) is 64.3 Å². The molecule has 0 atom stereocenters. The molecule has 18 heavy (non-hydrogen) atoms. The number of aromatic carboxylic acids is 1. The van der Waals surface area contributed by atoms with Crippen molar-refractivity contribution in [1.82, 2.24) is 9.78 Å². The molecule has 0 saturated carbocycles. The SMILES string of the molecule is O=C(O)c1ccn(COc2ccc(Cl)cc2Cl)n1. The van der Waals surface area contributed by atoms with Crippen LogP contribution < -0.4 is 4.74 Å². The van der Waals surface area contributed by atoms with Crippen LogP contribution >= 0.6 is 23.2 Å². The van der Waals surface area contributed by atoms with Gasteiger partial charge in [-0.05, 0) is 24.3 Å². The first kappa shape index (κ1) is 12.7. The van der Waals surface area contributed by atoms with E-state index in [1.165, 1.54) is 16.9 Å². The van der Waals surface area contributed by atoms with E-state index >= 15 is 0 Å². The van der Waals surface area contributed by atoms with Gasteiger partial charge < -0.3 is 9.84 Å². The summed E-state index contributed by atoms with van der Waals surface area (Å²) in [6.07, 6.45) is 1.51. The Morgan fingerprint density at radius 3 is 2.78 bits per heavy atom. The highest BCUT2D eigenvalue weighted by atomic mass is 35.5. The zero-order chi connectivity index (χ0) is 13.1. The summed E-state index contributed by atoms with van der Waals surface area (Å²) < 4.78 is 6.74. The third kappa shape index (κ3) is 2.94. The van der Waals surface area contributed by atoms with E-state index in [1.807, 2.05) is 0 Å². The molecule has 0 bridgehead atoms. The maximum Gasteiger partial charge on any atom is 0.356 e. The number of carboxylic acids is 1. The molecule has 0 fully saturated rings. The van der Waals surface area contributed by atoms with Crippen LogP contribution in [0.25, 0.3) is 0 Å². The van der Waals surface area contributed by atoms with Gasteiger partial charge in [0.1, 0.15) is 5.75 Å². The van der Waals surface area contributed by atoms with Crippen LogP contribution in [0.1, 0.15) is 10.5 Å². The zero-order valence-electron chi connectivity index (χ0n) is 9.01. The second-order valence-electron chi connectivity index (χ2n) is 3.39. The lowest BCUT2D eigenvalue weighted by atomic mass is 10.3. The number of rotatable bonds is 4. The van der Waals surface area contributed by atoms with E-state index in [-0.39, 0.29) is 12.4 Å². The molecular weight excluding hydrogens is 279 g/mol. The second kappa shape index (κ2) is 5.29. The molecule has 0 radical (unpaired) electrons. The van der Waals surface area contributed by atoms with Crippen molar-refractivity contribution in [1.29, 1.82) is 0 Å². The summed E-state index contributed by atoms with van der Waals surface area (Å²) in [7, 11) is 0. The second-order valence-corrected chi connectivity index (χ2v) is 4.24. The molecule has 5 nitrogen and oxygen atoms in total. The molecule has 0 unspecified atom stereocenters. The Balaban J connectivity index is 2.04. The molecule has 0 amide bonds. The number of aromatic nitrogens is 2. The standard InChI is InChI=1S/C11H8Cl2N2O3/c12-7-1-2-10(8(13)5-7)18-6-15-4-3-9(14-15)11(16)17/h1-5H,6H2,(H,16,17). The molecule has 1 heterocycles. The summed E-state index contributed by atoms with van der Waals surface area (Å²) in [4.78, 5) is 10.6. The van der Waals surface area contributed by atoms with Gasteiger partial charge in [0.2, 0.25) is 0 Å². The van der Waals surface area contributed by atoms with Crippen LogP contribution in [0, 0.1) is 0 Å². The van der Waals surface area contributed by atoms with E-state index in [0.717, 1.165) is 0 Å². The summed E-state index contributed by atoms with van der Waals surface area (Å²) in [5, 5.41) is 13.4. The lowest BCUT2D eigenvalue weighted by Crippen LogP contribution is -2.07. The van der Waals surface area contributed by atoms with Crippen molar-refractivity contribution in [2.24, 2.45) is 0 Å². The normalized spacial score (nSPS) is 10.3. The number of benzene rings is 1. The minimum atomic E-state index is -1.08. The predicted molar refractivity (Wildman–Crippen MR) is 66.3 cm³/mol. The highest BCUT2D eigenvalue weighted by Crippen LogP contribution is 2.27. The van der Waals surface area contributed by atoms with Crippen molar-refractivity contribution in [3.8, 4) is 5.75 Å². The molecule has 1 N–H and O–H groups in total. The fourth-order valence-corrected chi connectivity index (χ4v) is 1.74. The maximum absolute atomic E-state index is 10.6. The number of halogens is 2. The Bertz CT molecular complexity index is 583. The van der Waals surface area contributed by atoms with Crippen LogP contribution in [-0.4, -0.2) is 20.9 Å². The molecule has 2 aromatic rings. The van der Waals surface area contributed by atoms with Crippen molar-refractivity contribution in [3.63, 3.8) is 0 Å². The number of hydrogen-bond acceptors (Lipinski definition) is 3. The Kier molecular flexibility index (Phi) is 3.74. The molecule has 1 aromatic carbocycles. The summed E-state index contributed by atoms with van der Waals surface area (Å²) >= 11 is 11.7. The lowest BCUT2D eigenvalue weighted by molar-refractivity contribution is 0.0688. The molecule has 0 saturated heterocycles. The van der Waals surface area contributed by atoms with Crippen LogP contribution in [0.15, 0.2) is 30.5 Å². The summed E-state index contributed by atoms with van der Waals surface area (Å²) in [6, 6.07) is 6.22. The molecule has 0 aliphatic heterocycles. The fourth-order valence-electron chi connectivity index (χ4n) is 1.28. The summed E-state index contributed by atoms with van der Waals surface area (Å²) in [5.41, 5.74) is -0.0409. The van der Waals surface area contributed by atoms with Crippen LogP contribution in [0.5, 0.6) is 5.75 Å². The number of ether oxygens (including phenoxy) is 1. The molecule has 1 aromatic heterocycles. The third-order valence-electron chi connectivity index (χ3n) is 2.11. The van der Waals surface area contributed by atoms with Gasteiger partial charge in [-0.25, -0.2) is 9.48 Å². The molecular formula is C11H8Cl2N2O3. The minimum Gasteiger partial charge on any atom is -0.476 e. The van der Waals surface area contributed by atoms with Crippen LogP contribution in [-0.2, 0) is 6.73 Å². The number of hydrogen-bond donors (Lipinski definition) is 1. The number of carbonyl (C=O) groups is 1. The average molecular weight is 287 g/mol. The van der Waals surface area contributed by atoms with E-state index in [1.54, 1.807) is 18.2 Å². The average Bonchev–Trinajstić information content (AvgIpc) is 2.76. The van der Waals surface area contributed by atoms with Gasteiger partial charge in [0.25, 0.3) is 0 Å². The van der Waals surface area contributed by atoms with E-state index in [2.05, 4.69) is 5.10 Å². The van der Waals surface area contributed by atoms with Crippen LogP contribution in [0.2, 0.25) is 10.0 Å². The van der Waals surface area contributed by atoms with E-state index in [4.69, 9.17) is 33.0 Å². The van der Waals surface area contributed by atoms with E-state index in [9.17, 15) is 4.79 Å². The maximum atomic E-state index is 10.6. The largest absolute Gasteiger partial charge is 0.476 e. The van der Waals surface area contributed by atoms with Crippen molar-refractivity contribution in [2.75, 3.05) is 0 Å². The molecule has 7 heteroatoms. The van der Waals surface area contributed by atoms with Gasteiger partial charge in [-0.1, -0.05) is 23.2 Å². The van der Waals surface area contributed by atoms with Crippen LogP contribution in [0.4, 0.5) is 0 Å². The highest BCUT2D eigenvalue weighted by molar-refractivity contribution is 6.35. The Labute approximate surface area is 113 Å². The van der Waals surface area contributed by atoms with Gasteiger partial charge in [-0.3, -0.25) is 0 Å². The summed E-state index contributed by atoms with van der Waals surface area (Å²) in [5.74, 6) is -0.633. The number of nitrogens with zero attached hydrogens (tertiary/aromatic N) is 2. The van der Waals surface area contributed by atoms with Gasteiger partial charge >= 0.3 is 5.97 Å². The molecule has 0 aliphatic rings. The van der Waals surface area contributed by atoms with E-state index in [0.29, 0.717) is 15.8 Å². The lowest BCUT2D eigenvalue weighted by Gasteiger charge is -2.07. The Morgan fingerprint density at radius 1 is 1.39 bits per heavy atom. The first-order valence-corrected chi connectivity index (χ1v) is 5.66. The smallest absolute Gasteiger partial charge is 0.356 e. The Morgan fingerprint density at radius 2 is 2.17 bits per heavy atom. The fraction of sp³-hybridized carbons (Fsp3) is 0.0909. The number of carboxylic acid groups (broad SMARTS) is 1. The predicted octanol–water partition coefficient (Wildman–Crippen LogP) is 2.92. The van der Waals surface area contributed by atoms with Crippen molar-refractivity contribution < 1.29 is 14.6 Å². The highest BCUT2D eigenvalue weighted by Gasteiger charge is 2.07. The quantitative estimate of drug-likeness (QED) is 0.939. The van der Waals surface area contributed by atoms with Gasteiger partial charge in [0.05, 0.1) is 5.02 Å². The first-order valence-electron chi connectivity index (χ1n) is 4.91. The monoisotopic (exact) mass is 286 g/mol. The van der Waals surface area contributed by atoms with Crippen molar-refractivity contribution >= 4 is 29.2 Å². The molecule has 94 valence electrons.